The van der Waals surface area contributed by atoms with Crippen LogP contribution < -0.4 is 10.6 Å². The molecule has 2 aromatic rings. The van der Waals surface area contributed by atoms with Crippen molar-refractivity contribution in [3.63, 3.8) is 0 Å². The summed E-state index contributed by atoms with van der Waals surface area (Å²) in [4.78, 5) is 42.0. The lowest BCUT2D eigenvalue weighted by atomic mass is 9.87. The van der Waals surface area contributed by atoms with Crippen LogP contribution in [0.15, 0.2) is 59.5 Å². The van der Waals surface area contributed by atoms with Crippen LogP contribution in [0, 0.1) is 0 Å². The van der Waals surface area contributed by atoms with Gasteiger partial charge in [-0.25, -0.2) is 18.0 Å². The maximum absolute atomic E-state index is 13.4. The Bertz CT molecular complexity index is 1300. The summed E-state index contributed by atoms with van der Waals surface area (Å²) in [6, 6.07) is 15.3. The fourth-order valence-electron chi connectivity index (χ4n) is 5.05. The number of rotatable bonds is 9. The fourth-order valence-corrected chi connectivity index (χ4v) is 5.68. The number of amides is 4. The van der Waals surface area contributed by atoms with Gasteiger partial charge in [-0.3, -0.25) is 9.69 Å². The highest BCUT2D eigenvalue weighted by Crippen LogP contribution is 2.31. The first-order valence-corrected chi connectivity index (χ1v) is 15.0. The molecule has 2 saturated heterocycles. The van der Waals surface area contributed by atoms with Crippen molar-refractivity contribution in [3.05, 3.63) is 65.7 Å². The Balaban J connectivity index is 0.00000441. The van der Waals surface area contributed by atoms with Gasteiger partial charge in [-0.2, -0.15) is 0 Å². The van der Waals surface area contributed by atoms with Crippen LogP contribution in [-0.4, -0.2) is 73.8 Å². The Morgan fingerprint density at radius 2 is 1.68 bits per heavy atom. The van der Waals surface area contributed by atoms with E-state index in [4.69, 9.17) is 4.74 Å². The van der Waals surface area contributed by atoms with Gasteiger partial charge in [-0.1, -0.05) is 42.5 Å². The third-order valence-corrected chi connectivity index (χ3v) is 8.35. The van der Waals surface area contributed by atoms with E-state index in [0.717, 1.165) is 11.8 Å². The Morgan fingerprint density at radius 1 is 1.05 bits per heavy atom. The number of nitrogens with zero attached hydrogens (tertiary/aromatic N) is 2. The van der Waals surface area contributed by atoms with Crippen molar-refractivity contribution in [3.8, 4) is 0 Å². The fraction of sp³-hybridized carbons (Fsp3) is 0.464. The highest BCUT2D eigenvalue weighted by Gasteiger charge is 2.52. The molecule has 0 bridgehead atoms. The molecule has 2 aromatic carbocycles. The van der Waals surface area contributed by atoms with E-state index in [1.54, 1.807) is 26.0 Å². The number of carbonyl (C=O) groups is 3. The molecule has 1 spiro atoms. The lowest BCUT2D eigenvalue weighted by molar-refractivity contribution is -0.133. The Hall–Kier alpha value is -3.15. The summed E-state index contributed by atoms with van der Waals surface area (Å²) in [7, 11) is -3.32. The van der Waals surface area contributed by atoms with Gasteiger partial charge in [0, 0.05) is 25.9 Å². The van der Waals surface area contributed by atoms with Gasteiger partial charge in [0.25, 0.3) is 5.91 Å². The van der Waals surface area contributed by atoms with E-state index >= 15 is 0 Å². The smallest absolute Gasteiger partial charge is 0.407 e. The number of carbonyl (C=O) groups excluding carboxylic acids is 3. The maximum Gasteiger partial charge on any atom is 0.407 e. The summed E-state index contributed by atoms with van der Waals surface area (Å²) in [6.07, 6.45) is 2.10. The molecule has 2 fully saturated rings. The molecule has 4 amide bonds. The summed E-state index contributed by atoms with van der Waals surface area (Å²) >= 11 is 0. The van der Waals surface area contributed by atoms with Gasteiger partial charge in [0.05, 0.1) is 23.6 Å². The van der Waals surface area contributed by atoms with Crippen molar-refractivity contribution in [2.75, 3.05) is 25.9 Å². The number of piperidine rings is 1. The number of halogens is 1. The molecule has 4 rings (SSSR count). The second-order valence-corrected chi connectivity index (χ2v) is 12.5. The van der Waals surface area contributed by atoms with Crippen LogP contribution in [-0.2, 0) is 25.9 Å². The van der Waals surface area contributed by atoms with Gasteiger partial charge in [0.2, 0.25) is 0 Å². The number of sulfone groups is 1. The molecule has 2 aliphatic rings. The van der Waals surface area contributed by atoms with Crippen molar-refractivity contribution in [2.24, 2.45) is 0 Å². The normalized spacial score (nSPS) is 17.9. The number of likely N-dealkylation sites (tertiary alicyclic amines) is 1. The van der Waals surface area contributed by atoms with Crippen LogP contribution in [0.3, 0.4) is 0 Å². The van der Waals surface area contributed by atoms with Crippen molar-refractivity contribution in [1.82, 2.24) is 20.4 Å². The van der Waals surface area contributed by atoms with E-state index in [9.17, 15) is 22.8 Å². The summed E-state index contributed by atoms with van der Waals surface area (Å²) in [5, 5.41) is 5.89. The molecule has 0 aromatic heterocycles. The number of benzene rings is 2. The van der Waals surface area contributed by atoms with E-state index in [0.29, 0.717) is 44.5 Å². The van der Waals surface area contributed by atoms with Gasteiger partial charge in [0.1, 0.15) is 5.54 Å². The zero-order chi connectivity index (χ0) is 28.2. The second kappa shape index (κ2) is 13.0. The van der Waals surface area contributed by atoms with Crippen molar-refractivity contribution >= 4 is 40.3 Å². The summed E-state index contributed by atoms with van der Waals surface area (Å²) in [5.74, 6) is -0.250. The summed E-state index contributed by atoms with van der Waals surface area (Å²) < 4.78 is 28.7. The molecular weight excluding hydrogens is 556 g/mol. The minimum Gasteiger partial charge on any atom is -0.447 e. The molecular formula is C28H37ClN4O6S. The van der Waals surface area contributed by atoms with E-state index in [2.05, 4.69) is 15.5 Å². The largest absolute Gasteiger partial charge is 0.447 e. The van der Waals surface area contributed by atoms with E-state index in [-0.39, 0.29) is 41.9 Å². The minimum atomic E-state index is -3.32. The number of hydrogen-bond donors (Lipinski definition) is 2. The topological polar surface area (TPSA) is 125 Å². The number of hydrogen-bond acceptors (Lipinski definition) is 7. The highest BCUT2D eigenvalue weighted by molar-refractivity contribution is 7.90. The molecule has 40 heavy (non-hydrogen) atoms. The van der Waals surface area contributed by atoms with Gasteiger partial charge in [-0.05, 0) is 56.4 Å². The quantitative estimate of drug-likeness (QED) is 0.426. The van der Waals surface area contributed by atoms with E-state index < -0.39 is 27.5 Å². The lowest BCUT2D eigenvalue weighted by Crippen LogP contribution is -2.55. The van der Waals surface area contributed by atoms with Crippen LogP contribution in [0.25, 0.3) is 0 Å². The first-order chi connectivity index (χ1) is 18.5. The van der Waals surface area contributed by atoms with Crippen molar-refractivity contribution in [2.45, 2.75) is 62.2 Å². The van der Waals surface area contributed by atoms with Crippen LogP contribution in [0.5, 0.6) is 0 Å². The van der Waals surface area contributed by atoms with Gasteiger partial charge in [-0.15, -0.1) is 12.4 Å². The average molecular weight is 593 g/mol. The number of urea groups is 1. The molecule has 0 unspecified atom stereocenters. The molecule has 0 saturated carbocycles. The zero-order valence-corrected chi connectivity index (χ0v) is 24.6. The summed E-state index contributed by atoms with van der Waals surface area (Å²) in [5.41, 5.74) is 0.735. The highest BCUT2D eigenvalue weighted by atomic mass is 35.5. The molecule has 1 atom stereocenters. The van der Waals surface area contributed by atoms with Crippen LogP contribution in [0.1, 0.15) is 50.3 Å². The van der Waals surface area contributed by atoms with Gasteiger partial charge < -0.3 is 20.3 Å². The molecule has 0 aliphatic carbocycles. The molecule has 0 radical (unpaired) electrons. The molecule has 12 heteroatoms. The monoisotopic (exact) mass is 592 g/mol. The molecule has 2 heterocycles. The van der Waals surface area contributed by atoms with E-state index in [1.165, 1.54) is 17.0 Å². The number of alkyl carbamates (subject to hydrolysis) is 1. The Kier molecular flexibility index (Phi) is 10.2. The lowest BCUT2D eigenvalue weighted by Gasteiger charge is -2.37. The predicted octanol–water partition coefficient (Wildman–Crippen LogP) is 3.66. The summed E-state index contributed by atoms with van der Waals surface area (Å²) in [6.45, 7) is 5.65. The predicted molar refractivity (Wildman–Crippen MR) is 153 cm³/mol. The van der Waals surface area contributed by atoms with Crippen molar-refractivity contribution < 1.29 is 27.5 Å². The average Bonchev–Trinajstić information content (AvgIpc) is 3.11. The van der Waals surface area contributed by atoms with Crippen LogP contribution in [0.2, 0.25) is 0 Å². The van der Waals surface area contributed by atoms with Crippen LogP contribution in [0.4, 0.5) is 9.59 Å². The van der Waals surface area contributed by atoms with E-state index in [1.807, 2.05) is 30.3 Å². The third kappa shape index (κ3) is 7.52. The molecule has 2 N–H and O–H groups in total. The zero-order valence-electron chi connectivity index (χ0n) is 23.0. The van der Waals surface area contributed by atoms with Crippen LogP contribution >= 0.6 is 12.4 Å². The maximum atomic E-state index is 13.4. The third-order valence-electron chi connectivity index (χ3n) is 7.22. The number of ether oxygens (including phenoxy) is 1. The Labute approximate surface area is 241 Å². The Morgan fingerprint density at radius 3 is 2.25 bits per heavy atom. The van der Waals surface area contributed by atoms with Crippen molar-refractivity contribution in [1.29, 1.82) is 0 Å². The molecule has 218 valence electrons. The van der Waals surface area contributed by atoms with Gasteiger partial charge in [0.15, 0.2) is 9.84 Å². The minimum absolute atomic E-state index is 0. The SMILES string of the molecule is CC(C)OC(=O)N[C@@H](CCN1CCC2(CC1)NC(=O)N(Cc1ccc(S(C)(=O)=O)cc1)C2=O)c1ccccc1.Cl. The number of nitrogens with one attached hydrogen (secondary N) is 2. The number of imide groups is 1. The molecule has 10 nitrogen and oxygen atoms in total. The second-order valence-electron chi connectivity index (χ2n) is 10.5. The standard InChI is InChI=1S/C28H36N4O6S.ClH/c1-20(2)38-27(35)29-24(22-7-5-4-6-8-22)13-16-31-17-14-28(15-18-31)25(33)32(26(34)30-28)19-21-9-11-23(12-10-21)39(3,36)37;/h4-12,20,24H,13-19H2,1-3H3,(H,29,35)(H,30,34);1H/t24-;/m0./s1. The first-order valence-electron chi connectivity index (χ1n) is 13.1. The first kappa shape index (κ1) is 31.4. The van der Waals surface area contributed by atoms with Gasteiger partial charge >= 0.3 is 12.1 Å². The molecule has 2 aliphatic heterocycles.